The van der Waals surface area contributed by atoms with Crippen LogP contribution in [-0.4, -0.2) is 9.55 Å². The first kappa shape index (κ1) is 20.0. The molecule has 3 rings (SSSR count). The number of aromatic nitrogens is 2. The zero-order valence-electron chi connectivity index (χ0n) is 16.1. The molecular formula is C22H25ClN2OS. The maximum Gasteiger partial charge on any atom is 0.262 e. The van der Waals surface area contributed by atoms with Gasteiger partial charge in [0, 0.05) is 17.3 Å². The van der Waals surface area contributed by atoms with Gasteiger partial charge >= 0.3 is 0 Å². The van der Waals surface area contributed by atoms with E-state index in [1.165, 1.54) is 16.7 Å². The van der Waals surface area contributed by atoms with Gasteiger partial charge < -0.3 is 0 Å². The van der Waals surface area contributed by atoms with Crippen LogP contribution in [0.5, 0.6) is 0 Å². The van der Waals surface area contributed by atoms with Crippen molar-refractivity contribution in [3.05, 3.63) is 68.5 Å². The molecule has 2 aromatic carbocycles. The van der Waals surface area contributed by atoms with Crippen molar-refractivity contribution in [1.82, 2.24) is 9.55 Å². The topological polar surface area (TPSA) is 34.9 Å². The highest BCUT2D eigenvalue weighted by Gasteiger charge is 2.13. The molecule has 0 aliphatic carbocycles. The Kier molecular flexibility index (Phi) is 6.61. The molecule has 0 aliphatic heterocycles. The summed E-state index contributed by atoms with van der Waals surface area (Å²) in [6, 6.07) is 11.8. The molecule has 142 valence electrons. The van der Waals surface area contributed by atoms with Gasteiger partial charge in [-0.3, -0.25) is 9.36 Å². The maximum absolute atomic E-state index is 13.1. The van der Waals surface area contributed by atoms with Crippen molar-refractivity contribution in [3.8, 4) is 0 Å². The highest BCUT2D eigenvalue weighted by Crippen LogP contribution is 2.25. The lowest BCUT2D eigenvalue weighted by Crippen LogP contribution is -2.23. The average Bonchev–Trinajstić information content (AvgIpc) is 2.65. The minimum Gasteiger partial charge on any atom is -0.287 e. The van der Waals surface area contributed by atoms with Crippen molar-refractivity contribution in [2.75, 3.05) is 0 Å². The average molecular weight is 401 g/mol. The van der Waals surface area contributed by atoms with Crippen molar-refractivity contribution in [3.63, 3.8) is 0 Å². The molecule has 0 unspecified atom stereocenters. The normalized spacial score (nSPS) is 11.3. The first-order chi connectivity index (χ1) is 13.0. The molecule has 0 fully saturated rings. The summed E-state index contributed by atoms with van der Waals surface area (Å²) in [6.45, 7) is 7.08. The second-order valence-corrected chi connectivity index (χ2v) is 8.32. The summed E-state index contributed by atoms with van der Waals surface area (Å²) < 4.78 is 1.82. The number of rotatable bonds is 7. The first-order valence-corrected chi connectivity index (χ1v) is 10.7. The fourth-order valence-corrected chi connectivity index (χ4v) is 4.36. The van der Waals surface area contributed by atoms with E-state index in [0.29, 0.717) is 22.5 Å². The number of hydrogen-bond donors (Lipinski definition) is 0. The van der Waals surface area contributed by atoms with Crippen LogP contribution >= 0.6 is 23.4 Å². The Hall–Kier alpha value is -1.78. The minimum absolute atomic E-state index is 0.00191. The van der Waals surface area contributed by atoms with E-state index in [9.17, 15) is 4.79 Å². The van der Waals surface area contributed by atoms with E-state index in [1.807, 2.05) is 10.6 Å². The zero-order valence-corrected chi connectivity index (χ0v) is 17.7. The van der Waals surface area contributed by atoms with E-state index in [1.54, 1.807) is 23.9 Å². The van der Waals surface area contributed by atoms with Crippen LogP contribution in [0.4, 0.5) is 0 Å². The number of unbranched alkanes of at least 4 members (excludes halogenated alkanes) is 2. The van der Waals surface area contributed by atoms with Crippen LogP contribution in [0.1, 0.15) is 42.9 Å². The predicted molar refractivity (Wildman–Crippen MR) is 116 cm³/mol. The smallest absolute Gasteiger partial charge is 0.262 e. The number of hydrogen-bond acceptors (Lipinski definition) is 3. The Morgan fingerprint density at radius 3 is 2.70 bits per heavy atom. The number of halogens is 1. The van der Waals surface area contributed by atoms with E-state index in [4.69, 9.17) is 16.6 Å². The molecule has 0 N–H and O–H groups in total. The van der Waals surface area contributed by atoms with Gasteiger partial charge in [0.15, 0.2) is 5.16 Å². The third kappa shape index (κ3) is 4.74. The van der Waals surface area contributed by atoms with E-state index in [2.05, 4.69) is 39.0 Å². The SMILES string of the molecule is CCCCCn1c(SCc2cc(C)ccc2C)nc2ccc(Cl)cc2c1=O. The molecule has 0 saturated carbocycles. The van der Waals surface area contributed by atoms with Gasteiger partial charge in [-0.1, -0.05) is 66.9 Å². The number of thioether (sulfide) groups is 1. The number of benzene rings is 2. The second-order valence-electron chi connectivity index (χ2n) is 6.94. The highest BCUT2D eigenvalue weighted by atomic mass is 35.5. The Bertz CT molecular complexity index is 1010. The third-order valence-electron chi connectivity index (χ3n) is 4.73. The Labute approximate surface area is 169 Å². The summed E-state index contributed by atoms with van der Waals surface area (Å²) in [6.07, 6.45) is 3.19. The van der Waals surface area contributed by atoms with Crippen LogP contribution in [0.15, 0.2) is 46.3 Å². The molecule has 0 amide bonds. The van der Waals surface area contributed by atoms with E-state index in [0.717, 1.165) is 30.2 Å². The molecule has 0 bridgehead atoms. The second kappa shape index (κ2) is 8.94. The number of fused-ring (bicyclic) bond motifs is 1. The Morgan fingerprint density at radius 1 is 1.11 bits per heavy atom. The van der Waals surface area contributed by atoms with Crippen molar-refractivity contribution in [2.45, 2.75) is 57.5 Å². The van der Waals surface area contributed by atoms with Gasteiger partial charge in [0.1, 0.15) is 0 Å². The van der Waals surface area contributed by atoms with E-state index >= 15 is 0 Å². The summed E-state index contributed by atoms with van der Waals surface area (Å²) in [5, 5.41) is 1.94. The molecule has 0 atom stereocenters. The van der Waals surface area contributed by atoms with Gasteiger partial charge in [-0.15, -0.1) is 0 Å². The Balaban J connectivity index is 1.98. The molecule has 0 spiro atoms. The Morgan fingerprint density at radius 2 is 1.93 bits per heavy atom. The molecule has 1 heterocycles. The van der Waals surface area contributed by atoms with Crippen LogP contribution in [0.2, 0.25) is 5.02 Å². The molecule has 3 aromatic rings. The first-order valence-electron chi connectivity index (χ1n) is 9.38. The molecule has 1 aromatic heterocycles. The summed E-state index contributed by atoms with van der Waals surface area (Å²) in [5.41, 5.74) is 4.51. The van der Waals surface area contributed by atoms with Gasteiger partial charge in [-0.05, 0) is 49.6 Å². The lowest BCUT2D eigenvalue weighted by atomic mass is 10.1. The van der Waals surface area contributed by atoms with Gasteiger partial charge in [-0.2, -0.15) is 0 Å². The van der Waals surface area contributed by atoms with Gasteiger partial charge in [0.05, 0.1) is 10.9 Å². The molecule has 27 heavy (non-hydrogen) atoms. The van der Waals surface area contributed by atoms with E-state index < -0.39 is 0 Å². The fourth-order valence-electron chi connectivity index (χ4n) is 3.10. The third-order valence-corrected chi connectivity index (χ3v) is 5.99. The summed E-state index contributed by atoms with van der Waals surface area (Å²) in [4.78, 5) is 17.9. The standard InChI is InChI=1S/C22H25ClN2OS/c1-4-5-6-11-25-21(26)19-13-18(23)9-10-20(19)24-22(25)27-14-17-12-15(2)7-8-16(17)3/h7-10,12-13H,4-6,11,14H2,1-3H3. The predicted octanol–water partition coefficient (Wildman–Crippen LogP) is 6.15. The van der Waals surface area contributed by atoms with Crippen molar-refractivity contribution >= 4 is 34.3 Å². The molecule has 0 aliphatic rings. The quantitative estimate of drug-likeness (QED) is 0.271. The maximum atomic E-state index is 13.1. The monoisotopic (exact) mass is 400 g/mol. The number of nitrogens with zero attached hydrogens (tertiary/aromatic N) is 2. The summed E-state index contributed by atoms with van der Waals surface area (Å²) >= 11 is 7.73. The van der Waals surface area contributed by atoms with Crippen molar-refractivity contribution < 1.29 is 0 Å². The zero-order chi connectivity index (χ0) is 19.4. The highest BCUT2D eigenvalue weighted by molar-refractivity contribution is 7.98. The van der Waals surface area contributed by atoms with E-state index in [-0.39, 0.29) is 5.56 Å². The van der Waals surface area contributed by atoms with Crippen LogP contribution in [0.3, 0.4) is 0 Å². The van der Waals surface area contributed by atoms with Crippen LogP contribution in [0.25, 0.3) is 10.9 Å². The molecule has 3 nitrogen and oxygen atoms in total. The number of aryl methyl sites for hydroxylation is 2. The largest absolute Gasteiger partial charge is 0.287 e. The van der Waals surface area contributed by atoms with Crippen molar-refractivity contribution in [2.24, 2.45) is 0 Å². The van der Waals surface area contributed by atoms with Gasteiger partial charge in [0.25, 0.3) is 5.56 Å². The van der Waals surface area contributed by atoms with Gasteiger partial charge in [0.2, 0.25) is 0 Å². The molecule has 0 radical (unpaired) electrons. The van der Waals surface area contributed by atoms with Gasteiger partial charge in [-0.25, -0.2) is 4.98 Å². The summed E-state index contributed by atoms with van der Waals surface area (Å²) in [5.74, 6) is 0.798. The van der Waals surface area contributed by atoms with Crippen LogP contribution in [0, 0.1) is 13.8 Å². The fraction of sp³-hybridized carbons (Fsp3) is 0.364. The molecule has 5 heteroatoms. The molecular weight excluding hydrogens is 376 g/mol. The van der Waals surface area contributed by atoms with Crippen LogP contribution < -0.4 is 5.56 Å². The van der Waals surface area contributed by atoms with Crippen molar-refractivity contribution in [1.29, 1.82) is 0 Å². The van der Waals surface area contributed by atoms with Crippen LogP contribution in [-0.2, 0) is 12.3 Å². The minimum atomic E-state index is 0.00191. The lowest BCUT2D eigenvalue weighted by Gasteiger charge is -2.14. The lowest BCUT2D eigenvalue weighted by molar-refractivity contribution is 0.541. The molecule has 0 saturated heterocycles. The summed E-state index contributed by atoms with van der Waals surface area (Å²) in [7, 11) is 0.